The van der Waals surface area contributed by atoms with Crippen LogP contribution in [0.2, 0.25) is 0 Å². The van der Waals surface area contributed by atoms with Gasteiger partial charge in [-0.1, -0.05) is 61.7 Å². The van der Waals surface area contributed by atoms with E-state index >= 15 is 0 Å². The van der Waals surface area contributed by atoms with E-state index < -0.39 is 46.9 Å². The number of esters is 4. The molecule has 2 unspecified atom stereocenters. The Labute approximate surface area is 189 Å². The van der Waals surface area contributed by atoms with Crippen LogP contribution in [-0.4, -0.2) is 23.9 Å². The van der Waals surface area contributed by atoms with Gasteiger partial charge in [0, 0.05) is 33.4 Å². The quantitative estimate of drug-likeness (QED) is 0.310. The molecule has 1 heterocycles. The van der Waals surface area contributed by atoms with Crippen molar-refractivity contribution in [1.29, 1.82) is 0 Å². The van der Waals surface area contributed by atoms with E-state index in [-0.39, 0.29) is 11.1 Å². The van der Waals surface area contributed by atoms with Gasteiger partial charge in [-0.05, 0) is 13.8 Å². The highest BCUT2D eigenvalue weighted by Crippen LogP contribution is 2.67. The van der Waals surface area contributed by atoms with Gasteiger partial charge < -0.3 is 14.2 Å². The van der Waals surface area contributed by atoms with Gasteiger partial charge in [-0.3, -0.25) is 9.59 Å². The van der Waals surface area contributed by atoms with Crippen LogP contribution < -0.4 is 0 Å². The molecule has 0 aromatic heterocycles. The Morgan fingerprint density at radius 2 is 1.03 bits per heavy atom. The lowest BCUT2D eigenvalue weighted by Crippen LogP contribution is -2.64. The molecule has 2 atom stereocenters. The van der Waals surface area contributed by atoms with Gasteiger partial charge in [0.2, 0.25) is 0 Å². The number of hydrogen-bond acceptors (Lipinski definition) is 7. The first-order valence-electron chi connectivity index (χ1n) is 10.4. The van der Waals surface area contributed by atoms with Gasteiger partial charge in [0.05, 0.1) is 0 Å². The third-order valence-corrected chi connectivity index (χ3v) is 6.58. The van der Waals surface area contributed by atoms with Gasteiger partial charge >= 0.3 is 23.9 Å². The van der Waals surface area contributed by atoms with Crippen LogP contribution in [0.15, 0.2) is 72.8 Å². The van der Waals surface area contributed by atoms with Gasteiger partial charge in [0.1, 0.15) is 11.8 Å². The summed E-state index contributed by atoms with van der Waals surface area (Å²) in [6, 6.07) is 13.7. The van der Waals surface area contributed by atoms with Crippen LogP contribution >= 0.6 is 0 Å². The van der Waals surface area contributed by atoms with Gasteiger partial charge in [0.15, 0.2) is 11.2 Å². The Bertz CT molecular complexity index is 1160. The Hall–Kier alpha value is -4.00. The number of carbonyl (C=O) groups is 4. The SMILES string of the molecule is C=C(C)C(=O)OC12c3ccccc3C(OC(=O)C(=C)C)(c3ccccc31)C1C(=O)OC(=O)C12. The molecule has 0 spiro atoms. The maximum Gasteiger partial charge on any atom is 0.334 e. The zero-order valence-corrected chi connectivity index (χ0v) is 18.0. The molecule has 7 nitrogen and oxygen atoms in total. The van der Waals surface area contributed by atoms with E-state index in [1.807, 2.05) is 0 Å². The van der Waals surface area contributed by atoms with Crippen molar-refractivity contribution >= 4 is 23.9 Å². The fourth-order valence-electron chi connectivity index (χ4n) is 5.34. The first-order chi connectivity index (χ1) is 15.7. The second kappa shape index (κ2) is 6.75. The molecule has 2 aromatic carbocycles. The van der Waals surface area contributed by atoms with E-state index in [1.54, 1.807) is 48.5 Å². The van der Waals surface area contributed by atoms with Crippen LogP contribution in [0.1, 0.15) is 36.1 Å². The predicted molar refractivity (Wildman–Crippen MR) is 114 cm³/mol. The number of ether oxygens (including phenoxy) is 3. The minimum Gasteiger partial charge on any atom is -0.445 e. The number of cyclic esters (lactones) is 2. The molecule has 1 aliphatic heterocycles. The van der Waals surface area contributed by atoms with Crippen molar-refractivity contribution in [2.24, 2.45) is 11.8 Å². The van der Waals surface area contributed by atoms with Crippen LogP contribution in [0.25, 0.3) is 0 Å². The second-order valence-corrected chi connectivity index (χ2v) is 8.60. The highest BCUT2D eigenvalue weighted by molar-refractivity contribution is 6.02. The number of benzene rings is 2. The number of rotatable bonds is 4. The van der Waals surface area contributed by atoms with Crippen molar-refractivity contribution in [3.05, 3.63) is 95.1 Å². The summed E-state index contributed by atoms with van der Waals surface area (Å²) in [7, 11) is 0. The normalized spacial score (nSPS) is 28.2. The average molecular weight is 444 g/mol. The van der Waals surface area contributed by atoms with Gasteiger partial charge in [-0.15, -0.1) is 0 Å². The molecule has 1 saturated heterocycles. The molecule has 0 saturated carbocycles. The molecule has 6 rings (SSSR count). The Morgan fingerprint density at radius 3 is 1.30 bits per heavy atom. The molecule has 2 bridgehead atoms. The predicted octanol–water partition coefficient (Wildman–Crippen LogP) is 3.06. The lowest BCUT2D eigenvalue weighted by Gasteiger charge is -2.57. The molecule has 7 heteroatoms. The molecular weight excluding hydrogens is 424 g/mol. The minimum atomic E-state index is -1.66. The van der Waals surface area contributed by atoms with Crippen molar-refractivity contribution in [1.82, 2.24) is 0 Å². The van der Waals surface area contributed by atoms with Gasteiger partial charge in [0.25, 0.3) is 0 Å². The summed E-state index contributed by atoms with van der Waals surface area (Å²) < 4.78 is 17.2. The summed E-state index contributed by atoms with van der Waals surface area (Å²) in [6.45, 7) is 10.3. The topological polar surface area (TPSA) is 96.0 Å². The first kappa shape index (κ1) is 20.9. The van der Waals surface area contributed by atoms with E-state index in [4.69, 9.17) is 14.2 Å². The molecule has 1 fully saturated rings. The summed E-state index contributed by atoms with van der Waals surface area (Å²) in [5.74, 6) is -5.65. The van der Waals surface area contributed by atoms with Crippen LogP contribution in [0.4, 0.5) is 0 Å². The standard InChI is InChI=1S/C26H20O7/c1-13(2)21(27)32-25-15-9-5-7-11-17(15)26(33-22(28)14(3)4,18-12-8-6-10-16(18)25)20-19(25)23(29)31-24(20)30/h5-12,19-20H,1,3H2,2,4H3. The van der Waals surface area contributed by atoms with Crippen molar-refractivity contribution in [2.75, 3.05) is 0 Å². The van der Waals surface area contributed by atoms with Crippen molar-refractivity contribution in [3.8, 4) is 0 Å². The smallest absolute Gasteiger partial charge is 0.334 e. The van der Waals surface area contributed by atoms with Crippen molar-refractivity contribution < 1.29 is 33.4 Å². The highest BCUT2D eigenvalue weighted by Gasteiger charge is 2.77. The Morgan fingerprint density at radius 1 is 0.727 bits per heavy atom. The number of carbonyl (C=O) groups excluding carboxylic acids is 4. The fourth-order valence-corrected chi connectivity index (χ4v) is 5.34. The maximum absolute atomic E-state index is 13.1. The Kier molecular flexibility index (Phi) is 4.27. The third kappa shape index (κ3) is 2.44. The lowest BCUT2D eigenvalue weighted by atomic mass is 9.50. The zero-order chi connectivity index (χ0) is 23.7. The summed E-state index contributed by atoms with van der Waals surface area (Å²) >= 11 is 0. The largest absolute Gasteiger partial charge is 0.445 e. The van der Waals surface area contributed by atoms with Gasteiger partial charge in [-0.25, -0.2) is 9.59 Å². The van der Waals surface area contributed by atoms with Crippen LogP contribution in [0.5, 0.6) is 0 Å². The lowest BCUT2D eigenvalue weighted by molar-refractivity contribution is -0.189. The molecule has 0 amide bonds. The van der Waals surface area contributed by atoms with Crippen molar-refractivity contribution in [3.63, 3.8) is 0 Å². The van der Waals surface area contributed by atoms with Crippen molar-refractivity contribution in [2.45, 2.75) is 25.0 Å². The molecule has 3 aliphatic carbocycles. The minimum absolute atomic E-state index is 0.129. The number of hydrogen-bond donors (Lipinski definition) is 0. The maximum atomic E-state index is 13.1. The average Bonchev–Trinajstić information content (AvgIpc) is 3.10. The van der Waals surface area contributed by atoms with Crippen LogP contribution in [0.3, 0.4) is 0 Å². The van der Waals surface area contributed by atoms with Crippen LogP contribution in [0, 0.1) is 11.8 Å². The fraction of sp³-hybridized carbons (Fsp3) is 0.231. The third-order valence-electron chi connectivity index (χ3n) is 6.58. The van der Waals surface area contributed by atoms with E-state index in [0.29, 0.717) is 22.3 Å². The summed E-state index contributed by atoms with van der Waals surface area (Å²) in [6.07, 6.45) is 0. The van der Waals surface area contributed by atoms with E-state index in [9.17, 15) is 19.2 Å². The monoisotopic (exact) mass is 444 g/mol. The van der Waals surface area contributed by atoms with E-state index in [0.717, 1.165) is 0 Å². The van der Waals surface area contributed by atoms with E-state index in [2.05, 4.69) is 13.2 Å². The summed E-state index contributed by atoms with van der Waals surface area (Å²) in [4.78, 5) is 52.0. The first-order valence-corrected chi connectivity index (χ1v) is 10.4. The second-order valence-electron chi connectivity index (χ2n) is 8.60. The molecule has 2 aromatic rings. The van der Waals surface area contributed by atoms with E-state index in [1.165, 1.54) is 13.8 Å². The molecule has 0 N–H and O–H groups in total. The molecule has 166 valence electrons. The molecular formula is C26H20O7. The highest BCUT2D eigenvalue weighted by atomic mass is 16.6. The Balaban J connectivity index is 1.93. The summed E-state index contributed by atoms with van der Waals surface area (Å²) in [5, 5.41) is 0. The zero-order valence-electron chi connectivity index (χ0n) is 18.0. The molecule has 0 radical (unpaired) electrons. The molecule has 4 aliphatic rings. The van der Waals surface area contributed by atoms with Crippen LogP contribution in [-0.2, 0) is 44.6 Å². The summed E-state index contributed by atoms with van der Waals surface area (Å²) in [5.41, 5.74) is -1.28. The van der Waals surface area contributed by atoms with Gasteiger partial charge in [-0.2, -0.15) is 0 Å². The molecule has 33 heavy (non-hydrogen) atoms.